The summed E-state index contributed by atoms with van der Waals surface area (Å²) in [5.41, 5.74) is 1.23. The fourth-order valence-corrected chi connectivity index (χ4v) is 6.93. The number of H-pyrrole nitrogens is 1. The van der Waals surface area contributed by atoms with E-state index in [4.69, 9.17) is 16.6 Å². The second-order valence-corrected chi connectivity index (χ2v) is 14.1. The minimum absolute atomic E-state index is 0.00554. The highest BCUT2D eigenvalue weighted by molar-refractivity contribution is 7.92. The molecule has 4 N–H and O–H groups in total. The molecule has 0 radical (unpaired) electrons. The van der Waals surface area contributed by atoms with Gasteiger partial charge in [-0.2, -0.15) is 5.10 Å². The van der Waals surface area contributed by atoms with Crippen LogP contribution in [0, 0.1) is 11.6 Å². The van der Waals surface area contributed by atoms with Crippen LogP contribution in [-0.4, -0.2) is 55.0 Å². The van der Waals surface area contributed by atoms with Crippen LogP contribution in [0.5, 0.6) is 5.75 Å². The van der Waals surface area contributed by atoms with Gasteiger partial charge >= 0.3 is 0 Å². The summed E-state index contributed by atoms with van der Waals surface area (Å²) in [5.74, 6) is -2.37. The molecular formula is C34H27ClF2N8O5S. The first kappa shape index (κ1) is 33.6. The van der Waals surface area contributed by atoms with Crippen LogP contribution in [0.1, 0.15) is 23.0 Å². The maximum atomic E-state index is 14.5. The van der Waals surface area contributed by atoms with Gasteiger partial charge < -0.3 is 15.4 Å². The summed E-state index contributed by atoms with van der Waals surface area (Å²) in [6.07, 6.45) is 3.62. The number of nitrogens with one attached hydrogen (secondary N) is 3. The zero-order chi connectivity index (χ0) is 36.2. The van der Waals surface area contributed by atoms with E-state index < -0.39 is 39.2 Å². The number of nitrogens with zero attached hydrogens (tertiary/aromatic N) is 5. The lowest BCUT2D eigenvalue weighted by Gasteiger charge is -2.23. The van der Waals surface area contributed by atoms with Crippen molar-refractivity contribution in [2.75, 3.05) is 11.0 Å². The van der Waals surface area contributed by atoms with Gasteiger partial charge in [0.1, 0.15) is 23.2 Å². The second-order valence-electron chi connectivity index (χ2n) is 11.9. The Balaban J connectivity index is 1.44. The van der Waals surface area contributed by atoms with Gasteiger partial charge in [-0.25, -0.2) is 27.2 Å². The molecule has 0 unspecified atom stereocenters. The summed E-state index contributed by atoms with van der Waals surface area (Å²) < 4.78 is 58.3. The van der Waals surface area contributed by atoms with Crippen molar-refractivity contribution in [1.82, 2.24) is 34.6 Å². The summed E-state index contributed by atoms with van der Waals surface area (Å²) in [6.45, 7) is 0. The first-order valence-electron chi connectivity index (χ1n) is 15.3. The number of hydrogen-bond acceptors (Lipinski definition) is 8. The Hall–Kier alpha value is -5.87. The van der Waals surface area contributed by atoms with Gasteiger partial charge in [0.2, 0.25) is 15.9 Å². The third-order valence-electron chi connectivity index (χ3n) is 8.22. The van der Waals surface area contributed by atoms with Crippen molar-refractivity contribution >= 4 is 66.2 Å². The van der Waals surface area contributed by atoms with Crippen LogP contribution < -0.4 is 15.6 Å². The van der Waals surface area contributed by atoms with Gasteiger partial charge in [0.25, 0.3) is 5.56 Å². The van der Waals surface area contributed by atoms with Crippen LogP contribution in [0.3, 0.4) is 0 Å². The number of anilines is 1. The Labute approximate surface area is 292 Å². The molecule has 17 heteroatoms. The van der Waals surface area contributed by atoms with E-state index in [-0.39, 0.29) is 68.4 Å². The Morgan fingerprint density at radius 3 is 2.59 bits per heavy atom. The molecule has 13 nitrogen and oxygen atoms in total. The highest BCUT2D eigenvalue weighted by Gasteiger charge is 2.28. The molecule has 260 valence electrons. The third-order valence-corrected chi connectivity index (χ3v) is 9.10. The minimum atomic E-state index is -3.80. The van der Waals surface area contributed by atoms with Gasteiger partial charge in [0, 0.05) is 42.8 Å². The van der Waals surface area contributed by atoms with Gasteiger partial charge in [0.15, 0.2) is 11.5 Å². The summed E-state index contributed by atoms with van der Waals surface area (Å²) in [6, 6.07) is 12.5. The summed E-state index contributed by atoms with van der Waals surface area (Å²) in [7, 11) is -2.27. The Morgan fingerprint density at radius 2 is 1.84 bits per heavy atom. The molecule has 3 aromatic carbocycles. The first-order valence-corrected chi connectivity index (χ1v) is 17.6. The largest absolute Gasteiger partial charge is 0.508 e. The number of aromatic amines is 1. The molecule has 4 heterocycles. The van der Waals surface area contributed by atoms with Crippen LogP contribution >= 0.6 is 11.6 Å². The van der Waals surface area contributed by atoms with Crippen LogP contribution in [0.2, 0.25) is 5.02 Å². The number of fused-ring (bicyclic) bond motifs is 3. The quantitative estimate of drug-likeness (QED) is 0.164. The number of aromatic hydroxyl groups is 1. The van der Waals surface area contributed by atoms with Crippen molar-refractivity contribution in [1.29, 1.82) is 0 Å². The highest BCUT2D eigenvalue weighted by atomic mass is 35.5. The normalized spacial score (nSPS) is 12.5. The number of benzene rings is 3. The molecule has 4 aromatic heterocycles. The van der Waals surface area contributed by atoms with E-state index in [9.17, 15) is 31.9 Å². The maximum absolute atomic E-state index is 14.5. The number of aryl methyl sites for hydroxylation is 1. The molecule has 0 aliphatic heterocycles. The van der Waals surface area contributed by atoms with E-state index >= 15 is 0 Å². The van der Waals surface area contributed by atoms with E-state index in [1.807, 2.05) is 0 Å². The smallest absolute Gasteiger partial charge is 0.267 e. The molecule has 0 saturated heterocycles. The number of phenols is 1. The Morgan fingerprint density at radius 1 is 1.08 bits per heavy atom. The van der Waals surface area contributed by atoms with Crippen molar-refractivity contribution in [2.45, 2.75) is 18.9 Å². The third kappa shape index (κ3) is 6.58. The lowest BCUT2D eigenvalue weighted by atomic mass is 10.0. The van der Waals surface area contributed by atoms with E-state index in [0.717, 1.165) is 18.4 Å². The number of amides is 1. The monoisotopic (exact) mass is 732 g/mol. The predicted octanol–water partition coefficient (Wildman–Crippen LogP) is 4.80. The van der Waals surface area contributed by atoms with E-state index in [1.165, 1.54) is 52.8 Å². The number of phenolic OH excluding ortho intramolecular Hbond substituents is 1. The molecule has 7 aromatic rings. The summed E-state index contributed by atoms with van der Waals surface area (Å²) in [4.78, 5) is 40.3. The molecule has 0 aliphatic rings. The van der Waals surface area contributed by atoms with Gasteiger partial charge in [-0.1, -0.05) is 11.6 Å². The number of halogens is 3. The molecular weight excluding hydrogens is 706 g/mol. The average Bonchev–Trinajstić information content (AvgIpc) is 3.59. The first-order chi connectivity index (χ1) is 24.3. The van der Waals surface area contributed by atoms with Crippen LogP contribution in [0.15, 0.2) is 77.9 Å². The van der Waals surface area contributed by atoms with Crippen LogP contribution in [0.25, 0.3) is 38.5 Å². The van der Waals surface area contributed by atoms with E-state index in [2.05, 4.69) is 25.1 Å². The van der Waals surface area contributed by atoms with Crippen LogP contribution in [-0.2, 0) is 34.7 Å². The van der Waals surface area contributed by atoms with Crippen molar-refractivity contribution in [3.05, 3.63) is 117 Å². The Bertz CT molecular complexity index is 2690. The SMILES string of the molecule is Cn1nc(NS(C)(=O)=O)c2c(Cl)ccc(-n3c([C@H](Cc4cc(F)cc(F)c4)NC(=O)Cc4c[nH]c5ccc(O)cc45)nc4ncccc4c3=O)c21. The highest BCUT2D eigenvalue weighted by Crippen LogP contribution is 2.35. The van der Waals surface area contributed by atoms with E-state index in [1.54, 1.807) is 18.3 Å². The lowest BCUT2D eigenvalue weighted by Crippen LogP contribution is -2.36. The zero-order valence-corrected chi connectivity index (χ0v) is 28.4. The number of rotatable bonds is 9. The topological polar surface area (TPSA) is 177 Å². The molecule has 51 heavy (non-hydrogen) atoms. The standard InChI is InChI=1S/C34H27ClF2N8O5S/c1-44-30-27(8-6-24(35)29(30)32(42-44)43-51(2,49)50)45-33(41-31-22(34(45)48)4-3-9-38-31)26(12-17-10-19(36)14-20(37)11-17)40-28(47)13-18-16-39-25-7-5-21(46)15-23(18)25/h3-11,14-16,26,39,46H,12-13H2,1-2H3,(H,40,47)(H,42,43)/t26-/m0/s1. The molecule has 0 bridgehead atoms. The number of pyridine rings is 1. The van der Waals surface area contributed by atoms with Gasteiger partial charge in [-0.3, -0.25) is 23.6 Å². The van der Waals surface area contributed by atoms with Gasteiger partial charge in [0.05, 0.1) is 45.7 Å². The molecule has 7 rings (SSSR count). The molecule has 1 atom stereocenters. The molecule has 0 saturated carbocycles. The molecule has 0 spiro atoms. The minimum Gasteiger partial charge on any atom is -0.508 e. The van der Waals surface area contributed by atoms with Crippen molar-refractivity contribution in [3.63, 3.8) is 0 Å². The van der Waals surface area contributed by atoms with E-state index in [0.29, 0.717) is 22.5 Å². The maximum Gasteiger partial charge on any atom is 0.267 e. The summed E-state index contributed by atoms with van der Waals surface area (Å²) >= 11 is 6.58. The van der Waals surface area contributed by atoms with Crippen molar-refractivity contribution in [2.24, 2.45) is 7.05 Å². The predicted molar refractivity (Wildman–Crippen MR) is 187 cm³/mol. The van der Waals surface area contributed by atoms with Crippen LogP contribution in [0.4, 0.5) is 14.6 Å². The average molecular weight is 733 g/mol. The van der Waals surface area contributed by atoms with Crippen molar-refractivity contribution in [3.8, 4) is 11.4 Å². The van der Waals surface area contributed by atoms with Crippen molar-refractivity contribution < 1.29 is 27.1 Å². The molecule has 0 aliphatic carbocycles. The Kier molecular flexibility index (Phi) is 8.43. The van der Waals surface area contributed by atoms with Gasteiger partial charge in [-0.15, -0.1) is 0 Å². The number of carbonyl (C=O) groups is 1. The second kappa shape index (κ2) is 12.8. The number of sulfonamides is 1. The lowest BCUT2D eigenvalue weighted by molar-refractivity contribution is -0.121. The molecule has 1 amide bonds. The fraction of sp³-hybridized carbons (Fsp3) is 0.147. The molecule has 0 fully saturated rings. The summed E-state index contributed by atoms with van der Waals surface area (Å²) in [5, 5.41) is 18.3. The van der Waals surface area contributed by atoms with Gasteiger partial charge in [-0.05, 0) is 65.7 Å². The number of carbonyl (C=O) groups excluding carboxylic acids is 1. The fourth-order valence-electron chi connectivity index (χ4n) is 6.19. The zero-order valence-electron chi connectivity index (χ0n) is 26.8. The number of hydrogen-bond donors (Lipinski definition) is 4. The number of aromatic nitrogens is 6.